The Morgan fingerprint density at radius 1 is 1.21 bits per heavy atom. The highest BCUT2D eigenvalue weighted by molar-refractivity contribution is 6.37. The highest BCUT2D eigenvalue weighted by atomic mass is 35.5. The van der Waals surface area contributed by atoms with Crippen LogP contribution in [0.15, 0.2) is 41.3 Å². The second-order valence-corrected chi connectivity index (χ2v) is 4.95. The Morgan fingerprint density at radius 2 is 1.89 bits per heavy atom. The molecule has 0 bridgehead atoms. The third kappa shape index (κ3) is 3.52. The molecule has 0 unspecified atom stereocenters. The van der Waals surface area contributed by atoms with Crippen LogP contribution in [0.3, 0.4) is 0 Å². The van der Waals surface area contributed by atoms with Crippen LogP contribution in [0.1, 0.15) is 5.56 Å². The largest absolute Gasteiger partial charge is 0.489 e. The number of rotatable bonds is 4. The number of nitrogens with zero attached hydrogens (tertiary/aromatic N) is 1. The molecule has 0 amide bonds. The molecule has 0 aliphatic heterocycles. The van der Waals surface area contributed by atoms with E-state index in [4.69, 9.17) is 27.9 Å². The molecule has 100 valence electrons. The van der Waals surface area contributed by atoms with Crippen LogP contribution in [0, 0.1) is 6.92 Å². The molecule has 0 saturated carbocycles. The van der Waals surface area contributed by atoms with E-state index in [0.717, 1.165) is 5.56 Å². The van der Waals surface area contributed by atoms with Crippen LogP contribution in [0.2, 0.25) is 10.0 Å². The van der Waals surface area contributed by atoms with Gasteiger partial charge in [0, 0.05) is 12.3 Å². The predicted molar refractivity (Wildman–Crippen MR) is 77.4 cm³/mol. The molecule has 3 nitrogen and oxygen atoms in total. The number of hydrogen-bond donors (Lipinski definition) is 0. The lowest BCUT2D eigenvalue weighted by Crippen LogP contribution is -2.21. The molecule has 0 fully saturated rings. The molecule has 1 aromatic heterocycles. The van der Waals surface area contributed by atoms with Crippen LogP contribution in [-0.4, -0.2) is 11.2 Å². The lowest BCUT2D eigenvalue weighted by Gasteiger charge is -2.11. The van der Waals surface area contributed by atoms with Gasteiger partial charge in [-0.15, -0.1) is 0 Å². The van der Waals surface area contributed by atoms with Gasteiger partial charge in [-0.1, -0.05) is 29.3 Å². The molecular formula is C14H13Cl2NO2. The second-order valence-electron chi connectivity index (χ2n) is 4.14. The standard InChI is InChI=1S/C14H13Cl2NO2/c1-10-8-11(15)14(12(16)9-10)19-7-6-17-5-3-2-4-13(17)18/h2-5,8-9H,6-7H2,1H3. The summed E-state index contributed by atoms with van der Waals surface area (Å²) >= 11 is 12.1. The van der Waals surface area contributed by atoms with Gasteiger partial charge >= 0.3 is 0 Å². The van der Waals surface area contributed by atoms with Gasteiger partial charge in [-0.3, -0.25) is 4.79 Å². The lowest BCUT2D eigenvalue weighted by atomic mass is 10.2. The summed E-state index contributed by atoms with van der Waals surface area (Å²) in [5.74, 6) is 0.456. The number of hydrogen-bond acceptors (Lipinski definition) is 2. The van der Waals surface area contributed by atoms with E-state index >= 15 is 0 Å². The summed E-state index contributed by atoms with van der Waals surface area (Å²) in [5.41, 5.74) is 0.911. The second kappa shape index (κ2) is 6.13. The maximum absolute atomic E-state index is 11.5. The van der Waals surface area contributed by atoms with Gasteiger partial charge in [0.25, 0.3) is 5.56 Å². The minimum atomic E-state index is -0.0628. The van der Waals surface area contributed by atoms with E-state index in [1.807, 2.05) is 6.92 Å². The maximum atomic E-state index is 11.5. The Hall–Kier alpha value is -1.45. The first kappa shape index (κ1) is 14.0. The van der Waals surface area contributed by atoms with E-state index in [-0.39, 0.29) is 5.56 Å². The Labute approximate surface area is 121 Å². The predicted octanol–water partition coefficient (Wildman–Crippen LogP) is 3.54. The van der Waals surface area contributed by atoms with Crippen LogP contribution in [-0.2, 0) is 6.54 Å². The monoisotopic (exact) mass is 297 g/mol. The van der Waals surface area contributed by atoms with Gasteiger partial charge in [-0.2, -0.15) is 0 Å². The molecule has 0 saturated heterocycles. The zero-order valence-corrected chi connectivity index (χ0v) is 11.9. The van der Waals surface area contributed by atoms with E-state index in [2.05, 4.69) is 0 Å². The minimum absolute atomic E-state index is 0.0628. The van der Waals surface area contributed by atoms with E-state index < -0.39 is 0 Å². The van der Waals surface area contributed by atoms with Gasteiger partial charge in [0.05, 0.1) is 16.6 Å². The van der Waals surface area contributed by atoms with Crippen LogP contribution < -0.4 is 10.3 Å². The third-order valence-electron chi connectivity index (χ3n) is 2.62. The summed E-state index contributed by atoms with van der Waals surface area (Å²) in [6.45, 7) is 2.68. The van der Waals surface area contributed by atoms with E-state index in [9.17, 15) is 4.79 Å². The summed E-state index contributed by atoms with van der Waals surface area (Å²) < 4.78 is 7.12. The lowest BCUT2D eigenvalue weighted by molar-refractivity contribution is 0.296. The van der Waals surface area contributed by atoms with E-state index in [1.165, 1.54) is 6.07 Å². The van der Waals surface area contributed by atoms with E-state index in [0.29, 0.717) is 28.9 Å². The molecule has 0 N–H and O–H groups in total. The van der Waals surface area contributed by atoms with Crippen LogP contribution in [0.25, 0.3) is 0 Å². The fraction of sp³-hybridized carbons (Fsp3) is 0.214. The van der Waals surface area contributed by atoms with Crippen LogP contribution in [0.4, 0.5) is 0 Å². The summed E-state index contributed by atoms with van der Waals surface area (Å²) in [4.78, 5) is 11.5. The van der Waals surface area contributed by atoms with Gasteiger partial charge in [0.1, 0.15) is 6.61 Å². The zero-order valence-electron chi connectivity index (χ0n) is 10.4. The van der Waals surface area contributed by atoms with Crippen molar-refractivity contribution < 1.29 is 4.74 Å². The molecule has 5 heteroatoms. The van der Waals surface area contributed by atoms with Crippen molar-refractivity contribution in [2.75, 3.05) is 6.61 Å². The van der Waals surface area contributed by atoms with Crippen LogP contribution in [0.5, 0.6) is 5.75 Å². The number of pyridine rings is 1. The Bertz CT molecular complexity index is 614. The van der Waals surface area contributed by atoms with Gasteiger partial charge in [-0.25, -0.2) is 0 Å². The summed E-state index contributed by atoms with van der Waals surface area (Å²) in [6, 6.07) is 8.58. The fourth-order valence-electron chi connectivity index (χ4n) is 1.72. The molecule has 0 aliphatic carbocycles. The number of aryl methyl sites for hydroxylation is 1. The number of halogens is 2. The fourth-order valence-corrected chi connectivity index (χ4v) is 2.42. The maximum Gasteiger partial charge on any atom is 0.250 e. The Balaban J connectivity index is 2.04. The Morgan fingerprint density at radius 3 is 2.53 bits per heavy atom. The van der Waals surface area contributed by atoms with Crippen molar-refractivity contribution in [3.63, 3.8) is 0 Å². The quantitative estimate of drug-likeness (QED) is 0.864. The van der Waals surface area contributed by atoms with Crippen molar-refractivity contribution in [2.24, 2.45) is 0 Å². The molecule has 1 aromatic carbocycles. The third-order valence-corrected chi connectivity index (χ3v) is 3.18. The zero-order chi connectivity index (χ0) is 13.8. The molecule has 1 heterocycles. The van der Waals surface area contributed by atoms with Gasteiger partial charge < -0.3 is 9.30 Å². The topological polar surface area (TPSA) is 31.2 Å². The molecule has 0 aliphatic rings. The van der Waals surface area contributed by atoms with Crippen molar-refractivity contribution in [3.8, 4) is 5.75 Å². The normalized spacial score (nSPS) is 10.5. The molecule has 0 radical (unpaired) electrons. The van der Waals surface area contributed by atoms with Crippen LogP contribution >= 0.6 is 23.2 Å². The highest BCUT2D eigenvalue weighted by Crippen LogP contribution is 2.33. The van der Waals surface area contributed by atoms with Crippen molar-refractivity contribution in [3.05, 3.63) is 62.5 Å². The van der Waals surface area contributed by atoms with Crippen molar-refractivity contribution in [2.45, 2.75) is 13.5 Å². The van der Waals surface area contributed by atoms with Crippen molar-refractivity contribution in [1.29, 1.82) is 0 Å². The van der Waals surface area contributed by atoms with Gasteiger partial charge in [0.2, 0.25) is 0 Å². The number of ether oxygens (including phenoxy) is 1. The van der Waals surface area contributed by atoms with Gasteiger partial charge in [0.15, 0.2) is 5.75 Å². The highest BCUT2D eigenvalue weighted by Gasteiger charge is 2.08. The number of benzene rings is 1. The van der Waals surface area contributed by atoms with Crippen molar-refractivity contribution in [1.82, 2.24) is 4.57 Å². The first-order valence-corrected chi connectivity index (χ1v) is 6.57. The first-order chi connectivity index (χ1) is 9.08. The number of aromatic nitrogens is 1. The summed E-state index contributed by atoms with van der Waals surface area (Å²) in [7, 11) is 0. The average Bonchev–Trinajstić information content (AvgIpc) is 2.34. The molecule has 2 aromatic rings. The minimum Gasteiger partial charge on any atom is -0.489 e. The summed E-state index contributed by atoms with van der Waals surface area (Å²) in [5, 5.41) is 0.954. The first-order valence-electron chi connectivity index (χ1n) is 5.82. The summed E-state index contributed by atoms with van der Waals surface area (Å²) in [6.07, 6.45) is 1.71. The average molecular weight is 298 g/mol. The smallest absolute Gasteiger partial charge is 0.250 e. The molecule has 2 rings (SSSR count). The van der Waals surface area contributed by atoms with Crippen molar-refractivity contribution >= 4 is 23.2 Å². The molecular weight excluding hydrogens is 285 g/mol. The molecule has 0 atom stereocenters. The SMILES string of the molecule is Cc1cc(Cl)c(OCCn2ccccc2=O)c(Cl)c1. The Kier molecular flexibility index (Phi) is 4.51. The molecule has 0 spiro atoms. The molecule has 19 heavy (non-hydrogen) atoms. The van der Waals surface area contributed by atoms with Gasteiger partial charge in [-0.05, 0) is 30.7 Å². The van der Waals surface area contributed by atoms with E-state index in [1.54, 1.807) is 35.0 Å².